The predicted octanol–water partition coefficient (Wildman–Crippen LogP) is 4.03. The van der Waals surface area contributed by atoms with Crippen LogP contribution in [0.2, 0.25) is 0 Å². The fourth-order valence-corrected chi connectivity index (χ4v) is 4.07. The van der Waals surface area contributed by atoms with E-state index in [4.69, 9.17) is 4.42 Å². The summed E-state index contributed by atoms with van der Waals surface area (Å²) in [6.45, 7) is 3.31. The molecule has 0 spiro atoms. The number of hydrogen-bond acceptors (Lipinski definition) is 5. The average Bonchev–Trinajstić information content (AvgIpc) is 3.26. The Labute approximate surface area is 181 Å². The summed E-state index contributed by atoms with van der Waals surface area (Å²) in [5, 5.41) is 0. The Morgan fingerprint density at radius 2 is 1.68 bits per heavy atom. The monoisotopic (exact) mass is 440 g/mol. The molecule has 0 unspecified atom stereocenters. The van der Waals surface area contributed by atoms with Crippen LogP contribution in [-0.4, -0.2) is 37.9 Å². The van der Waals surface area contributed by atoms with Gasteiger partial charge in [0.2, 0.25) is 5.91 Å². The van der Waals surface area contributed by atoms with Crippen molar-refractivity contribution in [1.29, 1.82) is 0 Å². The number of hydrogen-bond donors (Lipinski definition) is 0. The third kappa shape index (κ3) is 5.03. The normalized spacial score (nSPS) is 11.2. The summed E-state index contributed by atoms with van der Waals surface area (Å²) in [6, 6.07) is 16.4. The highest BCUT2D eigenvalue weighted by Crippen LogP contribution is 2.28. The first-order valence-electron chi connectivity index (χ1n) is 9.74. The molecule has 0 bridgehead atoms. The van der Waals surface area contributed by atoms with Gasteiger partial charge < -0.3 is 9.32 Å². The van der Waals surface area contributed by atoms with Crippen LogP contribution in [0.15, 0.2) is 76.2 Å². The zero-order chi connectivity index (χ0) is 22.6. The van der Waals surface area contributed by atoms with E-state index in [0.29, 0.717) is 29.2 Å². The van der Waals surface area contributed by atoms with E-state index in [0.717, 1.165) is 0 Å². The Bertz CT molecular complexity index is 1170. The van der Waals surface area contributed by atoms with Gasteiger partial charge in [-0.3, -0.25) is 14.5 Å². The molecule has 2 amide bonds. The summed E-state index contributed by atoms with van der Waals surface area (Å²) >= 11 is 0. The summed E-state index contributed by atoms with van der Waals surface area (Å²) in [6.07, 6.45) is 1.55. The van der Waals surface area contributed by atoms with Gasteiger partial charge in [-0.05, 0) is 54.6 Å². The highest BCUT2D eigenvalue weighted by atomic mass is 32.2. The van der Waals surface area contributed by atoms with Crippen molar-refractivity contribution in [3.63, 3.8) is 0 Å². The molecule has 0 saturated carbocycles. The Balaban J connectivity index is 1.89. The standard InChI is InChI=1S/C23H24N2O5S/c1-4-31(28,29)22-12-10-19(11-13-22)25(17(2)26)20-8-5-7-18(15-20)23(27)24(3)16-21-9-6-14-30-21/h5-15H,4,16H2,1-3H3. The SMILES string of the molecule is CCS(=O)(=O)c1ccc(N(C(C)=O)c2cccc(C(=O)N(C)Cc3ccco3)c2)cc1. The Morgan fingerprint density at radius 1 is 0.968 bits per heavy atom. The minimum atomic E-state index is -3.34. The molecule has 0 aliphatic heterocycles. The number of nitrogens with zero attached hydrogens (tertiary/aromatic N) is 2. The summed E-state index contributed by atoms with van der Waals surface area (Å²) in [5.74, 6) is 0.184. The van der Waals surface area contributed by atoms with E-state index < -0.39 is 9.84 Å². The van der Waals surface area contributed by atoms with E-state index in [1.54, 1.807) is 68.8 Å². The number of furan rings is 1. The van der Waals surface area contributed by atoms with Crippen molar-refractivity contribution in [2.24, 2.45) is 0 Å². The lowest BCUT2D eigenvalue weighted by atomic mass is 10.1. The third-order valence-electron chi connectivity index (χ3n) is 4.82. The molecule has 0 atom stereocenters. The van der Waals surface area contributed by atoms with E-state index in [9.17, 15) is 18.0 Å². The summed E-state index contributed by atoms with van der Waals surface area (Å²) in [7, 11) is -1.66. The topological polar surface area (TPSA) is 87.9 Å². The second-order valence-corrected chi connectivity index (χ2v) is 9.32. The van der Waals surface area contributed by atoms with Gasteiger partial charge in [-0.15, -0.1) is 0 Å². The summed E-state index contributed by atoms with van der Waals surface area (Å²) < 4.78 is 29.4. The molecule has 162 valence electrons. The second kappa shape index (κ2) is 9.18. The maximum atomic E-state index is 12.9. The molecule has 0 saturated heterocycles. The number of benzene rings is 2. The number of rotatable bonds is 7. The van der Waals surface area contributed by atoms with Crippen LogP contribution >= 0.6 is 0 Å². The maximum absolute atomic E-state index is 12.9. The molecule has 1 heterocycles. The molecule has 0 fully saturated rings. The van der Waals surface area contributed by atoms with Crippen LogP contribution < -0.4 is 4.90 Å². The quantitative estimate of drug-likeness (QED) is 0.554. The first-order chi connectivity index (χ1) is 14.7. The van der Waals surface area contributed by atoms with Crippen LogP contribution in [0.25, 0.3) is 0 Å². The predicted molar refractivity (Wildman–Crippen MR) is 118 cm³/mol. The molecule has 0 N–H and O–H groups in total. The molecule has 7 nitrogen and oxygen atoms in total. The number of amides is 2. The maximum Gasteiger partial charge on any atom is 0.254 e. The molecule has 0 aliphatic carbocycles. The number of anilines is 2. The lowest BCUT2D eigenvalue weighted by Gasteiger charge is -2.23. The number of sulfone groups is 1. The van der Waals surface area contributed by atoms with Crippen molar-refractivity contribution in [2.75, 3.05) is 17.7 Å². The van der Waals surface area contributed by atoms with Crippen LogP contribution in [0.3, 0.4) is 0 Å². The first kappa shape index (κ1) is 22.3. The smallest absolute Gasteiger partial charge is 0.254 e. The number of carbonyl (C=O) groups is 2. The van der Waals surface area contributed by atoms with Crippen molar-refractivity contribution < 1.29 is 22.4 Å². The molecule has 3 rings (SSSR count). The Morgan fingerprint density at radius 3 is 2.26 bits per heavy atom. The molecule has 0 radical (unpaired) electrons. The van der Waals surface area contributed by atoms with Gasteiger partial charge in [0.1, 0.15) is 5.76 Å². The molecule has 31 heavy (non-hydrogen) atoms. The molecule has 0 aliphatic rings. The second-order valence-electron chi connectivity index (χ2n) is 7.04. The van der Waals surface area contributed by atoms with Gasteiger partial charge in [0.15, 0.2) is 9.84 Å². The Hall–Kier alpha value is -3.39. The fourth-order valence-electron chi connectivity index (χ4n) is 3.19. The minimum absolute atomic E-state index is 0.00154. The van der Waals surface area contributed by atoms with E-state index in [1.807, 2.05) is 0 Å². The van der Waals surface area contributed by atoms with Gasteiger partial charge >= 0.3 is 0 Å². The lowest BCUT2D eigenvalue weighted by molar-refractivity contribution is -0.115. The highest BCUT2D eigenvalue weighted by Gasteiger charge is 2.19. The third-order valence-corrected chi connectivity index (χ3v) is 6.57. The Kier molecular flexibility index (Phi) is 6.60. The lowest BCUT2D eigenvalue weighted by Crippen LogP contribution is -2.27. The van der Waals surface area contributed by atoms with E-state index in [-0.39, 0.29) is 22.5 Å². The molecular formula is C23H24N2O5S. The van der Waals surface area contributed by atoms with Gasteiger partial charge in [0, 0.05) is 30.9 Å². The number of carbonyl (C=O) groups excluding carboxylic acids is 2. The van der Waals surface area contributed by atoms with Crippen molar-refractivity contribution in [1.82, 2.24) is 4.90 Å². The van der Waals surface area contributed by atoms with Gasteiger partial charge in [0.25, 0.3) is 5.91 Å². The highest BCUT2D eigenvalue weighted by molar-refractivity contribution is 7.91. The van der Waals surface area contributed by atoms with Crippen LogP contribution in [0.4, 0.5) is 11.4 Å². The van der Waals surface area contributed by atoms with Gasteiger partial charge in [-0.25, -0.2) is 8.42 Å². The average molecular weight is 441 g/mol. The van der Waals surface area contributed by atoms with Crippen LogP contribution in [0.5, 0.6) is 0 Å². The molecular weight excluding hydrogens is 416 g/mol. The van der Waals surface area contributed by atoms with Crippen molar-refractivity contribution in [3.05, 3.63) is 78.3 Å². The largest absolute Gasteiger partial charge is 0.467 e. The van der Waals surface area contributed by atoms with E-state index in [2.05, 4.69) is 0 Å². The van der Waals surface area contributed by atoms with Gasteiger partial charge in [-0.1, -0.05) is 13.0 Å². The van der Waals surface area contributed by atoms with E-state index >= 15 is 0 Å². The fraction of sp³-hybridized carbons (Fsp3) is 0.217. The first-order valence-corrected chi connectivity index (χ1v) is 11.4. The van der Waals surface area contributed by atoms with Crippen LogP contribution in [0, 0.1) is 0 Å². The van der Waals surface area contributed by atoms with Crippen LogP contribution in [0.1, 0.15) is 30.0 Å². The molecule has 3 aromatic rings. The van der Waals surface area contributed by atoms with Crippen molar-refractivity contribution in [2.45, 2.75) is 25.3 Å². The summed E-state index contributed by atoms with van der Waals surface area (Å²) in [4.78, 5) is 28.4. The van der Waals surface area contributed by atoms with Gasteiger partial charge in [-0.2, -0.15) is 0 Å². The van der Waals surface area contributed by atoms with Crippen LogP contribution in [-0.2, 0) is 21.2 Å². The molecule has 1 aromatic heterocycles. The molecule has 2 aromatic carbocycles. The zero-order valence-corrected chi connectivity index (χ0v) is 18.4. The molecule has 8 heteroatoms. The minimum Gasteiger partial charge on any atom is -0.467 e. The zero-order valence-electron chi connectivity index (χ0n) is 17.6. The summed E-state index contributed by atoms with van der Waals surface area (Å²) in [5.41, 5.74) is 1.44. The van der Waals surface area contributed by atoms with E-state index in [1.165, 1.54) is 28.9 Å². The van der Waals surface area contributed by atoms with Crippen molar-refractivity contribution >= 4 is 33.0 Å². The van der Waals surface area contributed by atoms with Crippen molar-refractivity contribution in [3.8, 4) is 0 Å². The van der Waals surface area contributed by atoms with Gasteiger partial charge in [0.05, 0.1) is 23.5 Å².